The maximum absolute atomic E-state index is 8.36. The maximum Gasteiger partial charge on any atom is 0.314 e. The largest absolute Gasteiger partial charge is 0.348 e. The number of rotatable bonds is 2. The molecule has 1 atom stereocenters. The first-order chi connectivity index (χ1) is 5.24. The van der Waals surface area contributed by atoms with E-state index in [2.05, 4.69) is 22.4 Å². The van der Waals surface area contributed by atoms with Crippen molar-refractivity contribution in [2.24, 2.45) is 0 Å². The molecule has 0 aliphatic heterocycles. The Morgan fingerprint density at radius 1 is 1.91 bits per heavy atom. The summed E-state index contributed by atoms with van der Waals surface area (Å²) in [6, 6.07) is 2.04. The maximum atomic E-state index is 8.36. The lowest BCUT2D eigenvalue weighted by Crippen LogP contribution is -1.93. The van der Waals surface area contributed by atoms with Crippen LogP contribution in [-0.4, -0.2) is 10.1 Å². The summed E-state index contributed by atoms with van der Waals surface area (Å²) in [6.07, 6.45) is 0.414. The number of H-pyrrole nitrogens is 1. The molecule has 1 aromatic rings. The van der Waals surface area contributed by atoms with E-state index >= 15 is 0 Å². The highest BCUT2D eigenvalue weighted by Crippen LogP contribution is 2.12. The zero-order valence-electron chi connectivity index (χ0n) is 6.00. The van der Waals surface area contributed by atoms with Gasteiger partial charge in [0.2, 0.25) is 0 Å². The average Bonchev–Trinajstić information content (AvgIpc) is 2.36. The Labute approximate surface area is 68.8 Å². The predicted octanol–water partition coefficient (Wildman–Crippen LogP) is 1.75. The number of nitrogens with one attached hydrogen (secondary N) is 1. The van der Waals surface area contributed by atoms with Gasteiger partial charge in [0.1, 0.15) is 5.82 Å². The van der Waals surface area contributed by atoms with Crippen molar-refractivity contribution < 1.29 is 4.52 Å². The van der Waals surface area contributed by atoms with Gasteiger partial charge < -0.3 is 4.52 Å². The van der Waals surface area contributed by atoms with Crippen LogP contribution < -0.4 is 0 Å². The molecule has 0 radical (unpaired) electrons. The molecule has 0 aliphatic carbocycles. The zero-order valence-corrected chi connectivity index (χ0v) is 6.81. The fourth-order valence-corrected chi connectivity index (χ4v) is 0.824. The van der Waals surface area contributed by atoms with E-state index in [0.717, 1.165) is 0 Å². The van der Waals surface area contributed by atoms with E-state index in [1.165, 1.54) is 0 Å². The van der Waals surface area contributed by atoms with Gasteiger partial charge in [0.15, 0.2) is 0 Å². The van der Waals surface area contributed by atoms with Crippen LogP contribution in [0.2, 0.25) is 0 Å². The Balaban J connectivity index is 2.78. The molecule has 0 aliphatic rings. The highest BCUT2D eigenvalue weighted by atomic mass is 32.1. The molecule has 4 nitrogen and oxygen atoms in total. The van der Waals surface area contributed by atoms with Gasteiger partial charge in [0, 0.05) is 12.3 Å². The molecular weight excluding hydrogens is 162 g/mol. The smallest absolute Gasteiger partial charge is 0.314 e. The molecule has 0 saturated carbocycles. The van der Waals surface area contributed by atoms with E-state index in [-0.39, 0.29) is 10.8 Å². The zero-order chi connectivity index (χ0) is 8.27. The highest BCUT2D eigenvalue weighted by Gasteiger charge is 2.08. The number of hydrogen-bond acceptors (Lipinski definition) is 4. The van der Waals surface area contributed by atoms with Crippen LogP contribution in [0.25, 0.3) is 0 Å². The fraction of sp³-hybridized carbons (Fsp3) is 0.500. The topological polar surface area (TPSA) is 65.6 Å². The molecule has 1 N–H and O–H groups in total. The van der Waals surface area contributed by atoms with Crippen LogP contribution in [0.4, 0.5) is 0 Å². The minimum atomic E-state index is 0.0560. The SMILES string of the molecule is C[C@H](CC#N)c1nc(=S)o[nH]1. The van der Waals surface area contributed by atoms with E-state index in [0.29, 0.717) is 12.2 Å². The third-order valence-electron chi connectivity index (χ3n) is 1.32. The van der Waals surface area contributed by atoms with Gasteiger partial charge in [-0.05, 0) is 12.2 Å². The van der Waals surface area contributed by atoms with Crippen molar-refractivity contribution in [2.45, 2.75) is 19.3 Å². The Hall–Kier alpha value is -1.15. The highest BCUT2D eigenvalue weighted by molar-refractivity contribution is 7.71. The van der Waals surface area contributed by atoms with Crippen LogP contribution in [-0.2, 0) is 0 Å². The molecule has 1 rings (SSSR count). The van der Waals surface area contributed by atoms with Crippen LogP contribution in [0.1, 0.15) is 25.1 Å². The second-order valence-corrected chi connectivity index (χ2v) is 2.58. The van der Waals surface area contributed by atoms with Gasteiger partial charge >= 0.3 is 4.84 Å². The second-order valence-electron chi connectivity index (χ2n) is 2.23. The summed E-state index contributed by atoms with van der Waals surface area (Å²) in [5.41, 5.74) is 0. The Morgan fingerprint density at radius 3 is 3.09 bits per heavy atom. The minimum absolute atomic E-state index is 0.0560. The van der Waals surface area contributed by atoms with Crippen molar-refractivity contribution >= 4 is 12.2 Å². The minimum Gasteiger partial charge on any atom is -0.348 e. The molecule has 0 aromatic carbocycles. The van der Waals surface area contributed by atoms with E-state index in [1.807, 2.05) is 13.0 Å². The average molecular weight is 169 g/mol. The fourth-order valence-electron chi connectivity index (χ4n) is 0.684. The quantitative estimate of drug-likeness (QED) is 0.685. The van der Waals surface area contributed by atoms with Gasteiger partial charge in [0.05, 0.1) is 6.07 Å². The lowest BCUT2D eigenvalue weighted by atomic mass is 10.1. The van der Waals surface area contributed by atoms with Crippen molar-refractivity contribution in [2.75, 3.05) is 0 Å². The van der Waals surface area contributed by atoms with E-state index in [4.69, 9.17) is 9.78 Å². The monoisotopic (exact) mass is 169 g/mol. The summed E-state index contributed by atoms with van der Waals surface area (Å²) in [7, 11) is 0. The van der Waals surface area contributed by atoms with E-state index in [1.54, 1.807) is 0 Å². The summed E-state index contributed by atoms with van der Waals surface area (Å²) in [4.78, 5) is 4.06. The van der Waals surface area contributed by atoms with E-state index in [9.17, 15) is 0 Å². The van der Waals surface area contributed by atoms with Gasteiger partial charge in [-0.1, -0.05) is 6.92 Å². The third kappa shape index (κ3) is 1.88. The van der Waals surface area contributed by atoms with Crippen molar-refractivity contribution in [1.82, 2.24) is 10.1 Å². The summed E-state index contributed by atoms with van der Waals surface area (Å²) in [5, 5.41) is 10.9. The first-order valence-corrected chi connectivity index (χ1v) is 3.57. The van der Waals surface area contributed by atoms with Crippen LogP contribution in [0.15, 0.2) is 4.52 Å². The van der Waals surface area contributed by atoms with Crippen LogP contribution in [0.5, 0.6) is 0 Å². The van der Waals surface area contributed by atoms with E-state index < -0.39 is 0 Å². The number of hydrogen-bond donors (Lipinski definition) is 1. The van der Waals surface area contributed by atoms with Crippen molar-refractivity contribution in [1.29, 1.82) is 5.26 Å². The first-order valence-electron chi connectivity index (χ1n) is 3.16. The van der Waals surface area contributed by atoms with Crippen LogP contribution in [0, 0.1) is 16.2 Å². The molecular formula is C6H7N3OS. The molecule has 0 spiro atoms. The third-order valence-corrected chi connectivity index (χ3v) is 1.49. The molecule has 0 bridgehead atoms. The number of aromatic nitrogens is 2. The lowest BCUT2D eigenvalue weighted by Gasteiger charge is -1.97. The molecule has 0 saturated heterocycles. The van der Waals surface area contributed by atoms with Gasteiger partial charge in [-0.15, -0.1) is 0 Å². The Bertz CT molecular complexity index is 321. The number of aromatic amines is 1. The Kier molecular flexibility index (Phi) is 2.39. The first kappa shape index (κ1) is 7.95. The molecule has 5 heteroatoms. The molecule has 0 unspecified atom stereocenters. The van der Waals surface area contributed by atoms with Crippen molar-refractivity contribution in [3.63, 3.8) is 0 Å². The van der Waals surface area contributed by atoms with Gasteiger partial charge in [-0.2, -0.15) is 10.2 Å². The predicted molar refractivity (Wildman–Crippen MR) is 40.3 cm³/mol. The second kappa shape index (κ2) is 3.30. The Morgan fingerprint density at radius 2 is 2.64 bits per heavy atom. The summed E-state index contributed by atoms with van der Waals surface area (Å²) in [6.45, 7) is 1.88. The number of nitrogens with zero attached hydrogens (tertiary/aromatic N) is 2. The summed E-state index contributed by atoms with van der Waals surface area (Å²) in [5.74, 6) is 0.692. The van der Waals surface area contributed by atoms with Crippen LogP contribution >= 0.6 is 12.2 Å². The summed E-state index contributed by atoms with van der Waals surface area (Å²) < 4.78 is 4.70. The van der Waals surface area contributed by atoms with Gasteiger partial charge in [-0.3, -0.25) is 0 Å². The van der Waals surface area contributed by atoms with Crippen LogP contribution in [0.3, 0.4) is 0 Å². The lowest BCUT2D eigenvalue weighted by molar-refractivity contribution is 0.394. The molecule has 1 heterocycles. The molecule has 1 aromatic heterocycles. The normalized spacial score (nSPS) is 12.4. The standard InChI is InChI=1S/C6H7N3OS/c1-4(2-3-7)5-8-6(11)10-9-5/h4H,2H2,1H3,(H,8,9,11)/t4-/m1/s1. The molecule has 58 valence electrons. The van der Waals surface area contributed by atoms with Crippen molar-refractivity contribution in [3.05, 3.63) is 10.7 Å². The summed E-state index contributed by atoms with van der Waals surface area (Å²) >= 11 is 4.64. The van der Waals surface area contributed by atoms with Gasteiger partial charge in [-0.25, -0.2) is 5.16 Å². The van der Waals surface area contributed by atoms with Gasteiger partial charge in [0.25, 0.3) is 0 Å². The molecule has 11 heavy (non-hydrogen) atoms. The molecule has 0 amide bonds. The molecule has 0 fully saturated rings. The number of nitriles is 1. The van der Waals surface area contributed by atoms with Crippen molar-refractivity contribution in [3.8, 4) is 6.07 Å².